The van der Waals surface area contributed by atoms with E-state index in [1.165, 1.54) is 11.6 Å². The van der Waals surface area contributed by atoms with Gasteiger partial charge in [-0.1, -0.05) is 42.5 Å². The van der Waals surface area contributed by atoms with E-state index in [9.17, 15) is 4.79 Å². The molecule has 0 aliphatic heterocycles. The molecule has 4 heteroatoms. The first-order valence-electron chi connectivity index (χ1n) is 7.21. The normalized spacial score (nSPS) is 10.5. The number of rotatable bonds is 4. The van der Waals surface area contributed by atoms with E-state index < -0.39 is 0 Å². The van der Waals surface area contributed by atoms with Crippen LogP contribution in [0.2, 0.25) is 0 Å². The molecule has 3 rings (SSSR count). The summed E-state index contributed by atoms with van der Waals surface area (Å²) in [5.74, 6) is 0.689. The predicted octanol–water partition coefficient (Wildman–Crippen LogP) is 2.80. The number of nitrogens with zero attached hydrogens (tertiary/aromatic N) is 1. The van der Waals surface area contributed by atoms with Gasteiger partial charge in [0.15, 0.2) is 0 Å². The highest BCUT2D eigenvalue weighted by atomic mass is 16.1. The summed E-state index contributed by atoms with van der Waals surface area (Å²) in [6.07, 6.45) is 1.53. The smallest absolute Gasteiger partial charge is 0.251 e. The average molecular weight is 291 g/mol. The maximum atomic E-state index is 11.9. The highest BCUT2D eigenvalue weighted by molar-refractivity contribution is 5.63. The number of nitrogens with two attached hydrogens (primary N) is 1. The molecule has 22 heavy (non-hydrogen) atoms. The highest BCUT2D eigenvalue weighted by Crippen LogP contribution is 2.18. The molecule has 0 aliphatic carbocycles. The van der Waals surface area contributed by atoms with Gasteiger partial charge >= 0.3 is 0 Å². The number of hydrogen-bond acceptors (Lipinski definition) is 3. The Kier molecular flexibility index (Phi) is 4.01. The molecule has 0 atom stereocenters. The van der Waals surface area contributed by atoms with Crippen molar-refractivity contribution >= 4 is 5.69 Å². The van der Waals surface area contributed by atoms with Crippen LogP contribution in [-0.4, -0.2) is 9.97 Å². The second-order valence-electron chi connectivity index (χ2n) is 5.19. The summed E-state index contributed by atoms with van der Waals surface area (Å²) in [6.45, 7) is 0. The zero-order valence-electron chi connectivity index (χ0n) is 12.1. The number of aromatic amines is 1. The van der Waals surface area contributed by atoms with Gasteiger partial charge in [0.25, 0.3) is 5.56 Å². The molecule has 1 heterocycles. The van der Waals surface area contributed by atoms with Crippen LogP contribution >= 0.6 is 0 Å². The number of aryl methyl sites for hydroxylation is 2. The Morgan fingerprint density at radius 2 is 1.77 bits per heavy atom. The van der Waals surface area contributed by atoms with Crippen LogP contribution in [0.4, 0.5) is 5.69 Å². The SMILES string of the molecule is Nc1cccc(-c2cc(=O)[nH]c(CCc3ccccc3)n2)c1. The van der Waals surface area contributed by atoms with Crippen LogP contribution in [0.3, 0.4) is 0 Å². The molecule has 0 fully saturated rings. The second kappa shape index (κ2) is 6.26. The van der Waals surface area contributed by atoms with Gasteiger partial charge in [0.1, 0.15) is 5.82 Å². The Labute approximate surface area is 128 Å². The molecule has 0 aliphatic rings. The fraction of sp³-hybridized carbons (Fsp3) is 0.111. The van der Waals surface area contributed by atoms with Crippen molar-refractivity contribution in [2.45, 2.75) is 12.8 Å². The summed E-state index contributed by atoms with van der Waals surface area (Å²) in [7, 11) is 0. The number of nitrogens with one attached hydrogen (secondary N) is 1. The zero-order chi connectivity index (χ0) is 15.4. The topological polar surface area (TPSA) is 71.8 Å². The van der Waals surface area contributed by atoms with Crippen molar-refractivity contribution in [3.63, 3.8) is 0 Å². The lowest BCUT2D eigenvalue weighted by Crippen LogP contribution is -2.12. The minimum Gasteiger partial charge on any atom is -0.399 e. The Morgan fingerprint density at radius 1 is 0.955 bits per heavy atom. The van der Waals surface area contributed by atoms with Gasteiger partial charge in [-0.25, -0.2) is 4.98 Å². The Balaban J connectivity index is 1.85. The summed E-state index contributed by atoms with van der Waals surface area (Å²) < 4.78 is 0. The van der Waals surface area contributed by atoms with Crippen LogP contribution < -0.4 is 11.3 Å². The lowest BCUT2D eigenvalue weighted by molar-refractivity contribution is 0.850. The van der Waals surface area contributed by atoms with Crippen LogP contribution in [0.25, 0.3) is 11.3 Å². The summed E-state index contributed by atoms with van der Waals surface area (Å²) in [4.78, 5) is 19.2. The van der Waals surface area contributed by atoms with Crippen molar-refractivity contribution in [3.8, 4) is 11.3 Å². The lowest BCUT2D eigenvalue weighted by atomic mass is 10.1. The van der Waals surface area contributed by atoms with E-state index in [1.54, 1.807) is 0 Å². The second-order valence-corrected chi connectivity index (χ2v) is 5.19. The van der Waals surface area contributed by atoms with Gasteiger partial charge in [0, 0.05) is 23.7 Å². The number of benzene rings is 2. The molecule has 0 unspecified atom stereocenters. The van der Waals surface area contributed by atoms with Crippen molar-refractivity contribution in [1.82, 2.24) is 9.97 Å². The molecule has 3 aromatic rings. The standard InChI is InChI=1S/C18H17N3O/c19-15-8-4-7-14(11-15)16-12-18(22)21-17(20-16)10-9-13-5-2-1-3-6-13/h1-8,11-12H,9-10,19H2,(H,20,21,22). The van der Waals surface area contributed by atoms with E-state index in [-0.39, 0.29) is 5.56 Å². The van der Waals surface area contributed by atoms with Crippen molar-refractivity contribution in [2.75, 3.05) is 5.73 Å². The number of H-pyrrole nitrogens is 1. The molecule has 0 amide bonds. The van der Waals surface area contributed by atoms with Crippen LogP contribution in [-0.2, 0) is 12.8 Å². The van der Waals surface area contributed by atoms with E-state index >= 15 is 0 Å². The molecular weight excluding hydrogens is 274 g/mol. The van der Waals surface area contributed by atoms with Crippen molar-refractivity contribution in [2.24, 2.45) is 0 Å². The van der Waals surface area contributed by atoms with Gasteiger partial charge in [0.05, 0.1) is 5.69 Å². The quantitative estimate of drug-likeness (QED) is 0.726. The molecule has 3 N–H and O–H groups in total. The Hall–Kier alpha value is -2.88. The third-order valence-corrected chi connectivity index (χ3v) is 3.47. The maximum Gasteiger partial charge on any atom is 0.251 e. The summed E-state index contributed by atoms with van der Waals surface area (Å²) in [5, 5.41) is 0. The fourth-order valence-corrected chi connectivity index (χ4v) is 2.38. The molecule has 0 saturated heterocycles. The Bertz CT molecular complexity index is 825. The maximum absolute atomic E-state index is 11.9. The van der Waals surface area contributed by atoms with Crippen LogP contribution in [0.5, 0.6) is 0 Å². The van der Waals surface area contributed by atoms with E-state index in [0.717, 1.165) is 12.0 Å². The van der Waals surface area contributed by atoms with Crippen molar-refractivity contribution in [1.29, 1.82) is 0 Å². The first-order chi connectivity index (χ1) is 10.7. The van der Waals surface area contributed by atoms with Gasteiger partial charge in [0.2, 0.25) is 0 Å². The first-order valence-corrected chi connectivity index (χ1v) is 7.21. The number of aromatic nitrogens is 2. The largest absolute Gasteiger partial charge is 0.399 e. The zero-order valence-corrected chi connectivity index (χ0v) is 12.1. The molecule has 0 spiro atoms. The van der Waals surface area contributed by atoms with Crippen molar-refractivity contribution in [3.05, 3.63) is 82.4 Å². The minimum atomic E-state index is -0.143. The van der Waals surface area contributed by atoms with E-state index in [0.29, 0.717) is 23.6 Å². The summed E-state index contributed by atoms with van der Waals surface area (Å²) in [5.41, 5.74) is 9.04. The van der Waals surface area contributed by atoms with E-state index in [2.05, 4.69) is 22.1 Å². The highest BCUT2D eigenvalue weighted by Gasteiger charge is 2.05. The van der Waals surface area contributed by atoms with Gasteiger partial charge in [-0.05, 0) is 24.1 Å². The fourth-order valence-electron chi connectivity index (χ4n) is 2.38. The predicted molar refractivity (Wildman–Crippen MR) is 88.6 cm³/mol. The third-order valence-electron chi connectivity index (χ3n) is 3.47. The first kappa shape index (κ1) is 14.1. The third kappa shape index (κ3) is 3.41. The van der Waals surface area contributed by atoms with Crippen LogP contribution in [0, 0.1) is 0 Å². The van der Waals surface area contributed by atoms with Gasteiger partial charge in [-0.3, -0.25) is 4.79 Å². The monoisotopic (exact) mass is 291 g/mol. The van der Waals surface area contributed by atoms with Gasteiger partial charge in [-0.2, -0.15) is 0 Å². The molecule has 1 aromatic heterocycles. The summed E-state index contributed by atoms with van der Waals surface area (Å²) >= 11 is 0. The molecule has 4 nitrogen and oxygen atoms in total. The van der Waals surface area contributed by atoms with Crippen LogP contribution in [0.15, 0.2) is 65.5 Å². The average Bonchev–Trinajstić information content (AvgIpc) is 2.53. The molecule has 0 bridgehead atoms. The van der Waals surface area contributed by atoms with Gasteiger partial charge in [-0.15, -0.1) is 0 Å². The minimum absolute atomic E-state index is 0.143. The molecule has 110 valence electrons. The van der Waals surface area contributed by atoms with E-state index in [1.807, 2.05) is 42.5 Å². The lowest BCUT2D eigenvalue weighted by Gasteiger charge is -2.05. The molecule has 0 radical (unpaired) electrons. The van der Waals surface area contributed by atoms with E-state index in [4.69, 9.17) is 5.73 Å². The number of hydrogen-bond donors (Lipinski definition) is 2. The van der Waals surface area contributed by atoms with Crippen molar-refractivity contribution < 1.29 is 0 Å². The molecule has 0 saturated carbocycles. The number of anilines is 1. The van der Waals surface area contributed by atoms with Gasteiger partial charge < -0.3 is 10.7 Å². The molecule has 2 aromatic carbocycles. The summed E-state index contributed by atoms with van der Waals surface area (Å²) in [6, 6.07) is 19.0. The van der Waals surface area contributed by atoms with Crippen LogP contribution in [0.1, 0.15) is 11.4 Å². The number of nitrogen functional groups attached to an aromatic ring is 1. The molecular formula is C18H17N3O. The Morgan fingerprint density at radius 3 is 2.55 bits per heavy atom.